The highest BCUT2D eigenvalue weighted by molar-refractivity contribution is 5.98. The van der Waals surface area contributed by atoms with Gasteiger partial charge in [0.1, 0.15) is 0 Å². The molecule has 20 heavy (non-hydrogen) atoms. The number of benzene rings is 2. The molecule has 3 rings (SSSR count). The Bertz CT molecular complexity index is 642. The molecule has 1 aliphatic rings. The van der Waals surface area contributed by atoms with Crippen molar-refractivity contribution in [1.29, 1.82) is 0 Å². The Balaban J connectivity index is 1.77. The van der Waals surface area contributed by atoms with Crippen molar-refractivity contribution in [2.45, 2.75) is 18.9 Å². The number of nitrogens with one attached hydrogen (secondary N) is 1. The van der Waals surface area contributed by atoms with Crippen molar-refractivity contribution in [2.75, 3.05) is 11.1 Å². The monoisotopic (exact) mass is 267 g/mol. The Kier molecular flexibility index (Phi) is 3.06. The van der Waals surface area contributed by atoms with Crippen LogP contribution in [0.15, 0.2) is 42.5 Å². The lowest BCUT2D eigenvalue weighted by Gasteiger charge is -2.15. The van der Waals surface area contributed by atoms with Gasteiger partial charge >= 0.3 is 0 Å². The molecule has 102 valence electrons. The fourth-order valence-corrected chi connectivity index (χ4v) is 2.76. The van der Waals surface area contributed by atoms with Crippen molar-refractivity contribution < 1.29 is 4.79 Å². The predicted octanol–water partition coefficient (Wildman–Crippen LogP) is 1.95. The molecule has 1 aliphatic carbocycles. The number of nitrogen functional groups attached to an aromatic ring is 1. The van der Waals surface area contributed by atoms with E-state index in [1.54, 1.807) is 12.1 Å². The molecule has 0 fully saturated rings. The topological polar surface area (TPSA) is 81.1 Å². The molecule has 4 nitrogen and oxygen atoms in total. The summed E-state index contributed by atoms with van der Waals surface area (Å²) in [6.45, 7) is 0. The molecule has 2 aromatic rings. The van der Waals surface area contributed by atoms with Gasteiger partial charge in [-0.25, -0.2) is 0 Å². The molecule has 0 radical (unpaired) electrons. The number of hydrogen-bond donors (Lipinski definition) is 3. The SMILES string of the molecule is NC(=O)c1cc(NC2Cc3ccccc3C2)ccc1N. The Hall–Kier alpha value is -2.49. The molecule has 0 bridgehead atoms. The first-order valence-corrected chi connectivity index (χ1v) is 6.66. The summed E-state index contributed by atoms with van der Waals surface area (Å²) in [5, 5.41) is 3.45. The van der Waals surface area contributed by atoms with Gasteiger partial charge in [0, 0.05) is 17.4 Å². The molecule has 0 heterocycles. The maximum absolute atomic E-state index is 11.3. The maximum atomic E-state index is 11.3. The second kappa shape index (κ2) is 4.89. The number of fused-ring (bicyclic) bond motifs is 1. The standard InChI is InChI=1S/C16H17N3O/c17-15-6-5-12(9-14(15)16(18)20)19-13-7-10-3-1-2-4-11(10)8-13/h1-6,9,13,19H,7-8,17H2,(H2,18,20). The minimum atomic E-state index is -0.499. The van der Waals surface area contributed by atoms with E-state index >= 15 is 0 Å². The molecule has 0 saturated heterocycles. The van der Waals surface area contributed by atoms with Crippen LogP contribution >= 0.6 is 0 Å². The molecule has 0 unspecified atom stereocenters. The lowest BCUT2D eigenvalue weighted by Crippen LogP contribution is -2.20. The van der Waals surface area contributed by atoms with Crippen LogP contribution in [0.3, 0.4) is 0 Å². The summed E-state index contributed by atoms with van der Waals surface area (Å²) < 4.78 is 0. The highest BCUT2D eigenvalue weighted by Crippen LogP contribution is 2.25. The van der Waals surface area contributed by atoms with Crippen molar-refractivity contribution in [3.05, 3.63) is 59.2 Å². The molecule has 1 amide bonds. The first kappa shape index (κ1) is 12.5. The van der Waals surface area contributed by atoms with Crippen LogP contribution < -0.4 is 16.8 Å². The molecular weight excluding hydrogens is 250 g/mol. The van der Waals surface area contributed by atoms with Gasteiger partial charge in [0.05, 0.1) is 5.56 Å². The van der Waals surface area contributed by atoms with E-state index in [1.807, 2.05) is 6.07 Å². The number of anilines is 2. The highest BCUT2D eigenvalue weighted by Gasteiger charge is 2.20. The fourth-order valence-electron chi connectivity index (χ4n) is 2.76. The van der Waals surface area contributed by atoms with Crippen molar-refractivity contribution in [3.8, 4) is 0 Å². The summed E-state index contributed by atoms with van der Waals surface area (Å²) in [5.74, 6) is -0.499. The molecule has 0 aromatic heterocycles. The zero-order valence-electron chi connectivity index (χ0n) is 11.1. The van der Waals surface area contributed by atoms with E-state index in [4.69, 9.17) is 11.5 Å². The molecule has 0 spiro atoms. The van der Waals surface area contributed by atoms with Crippen molar-refractivity contribution in [3.63, 3.8) is 0 Å². The zero-order valence-corrected chi connectivity index (χ0v) is 11.1. The lowest BCUT2D eigenvalue weighted by molar-refractivity contribution is 0.100. The van der Waals surface area contributed by atoms with E-state index < -0.39 is 5.91 Å². The molecule has 0 saturated carbocycles. The van der Waals surface area contributed by atoms with E-state index in [0.29, 0.717) is 17.3 Å². The number of carbonyl (C=O) groups excluding carboxylic acids is 1. The van der Waals surface area contributed by atoms with Gasteiger partial charge in [-0.15, -0.1) is 0 Å². The van der Waals surface area contributed by atoms with E-state index in [0.717, 1.165) is 18.5 Å². The summed E-state index contributed by atoms with van der Waals surface area (Å²) in [5.41, 5.74) is 15.5. The van der Waals surface area contributed by atoms with Gasteiger partial charge in [0.15, 0.2) is 0 Å². The van der Waals surface area contributed by atoms with Gasteiger partial charge in [0.2, 0.25) is 0 Å². The smallest absolute Gasteiger partial charge is 0.250 e. The van der Waals surface area contributed by atoms with E-state index in [2.05, 4.69) is 29.6 Å². The zero-order chi connectivity index (χ0) is 14.1. The van der Waals surface area contributed by atoms with Gasteiger partial charge in [-0.3, -0.25) is 4.79 Å². The van der Waals surface area contributed by atoms with Crippen LogP contribution in [-0.4, -0.2) is 11.9 Å². The average molecular weight is 267 g/mol. The maximum Gasteiger partial charge on any atom is 0.250 e. The Labute approximate surface area is 117 Å². The summed E-state index contributed by atoms with van der Waals surface area (Å²) in [6, 6.07) is 14.1. The predicted molar refractivity (Wildman–Crippen MR) is 80.6 cm³/mol. The number of nitrogens with two attached hydrogens (primary N) is 2. The van der Waals surface area contributed by atoms with Crippen molar-refractivity contribution >= 4 is 17.3 Å². The Morgan fingerprint density at radius 1 is 1.10 bits per heavy atom. The van der Waals surface area contributed by atoms with Crippen LogP contribution in [0.5, 0.6) is 0 Å². The Morgan fingerprint density at radius 3 is 2.35 bits per heavy atom. The Morgan fingerprint density at radius 2 is 1.75 bits per heavy atom. The van der Waals surface area contributed by atoms with Crippen LogP contribution in [-0.2, 0) is 12.8 Å². The van der Waals surface area contributed by atoms with Gasteiger partial charge in [-0.1, -0.05) is 24.3 Å². The lowest BCUT2D eigenvalue weighted by atomic mass is 10.1. The van der Waals surface area contributed by atoms with E-state index in [1.165, 1.54) is 11.1 Å². The van der Waals surface area contributed by atoms with Gasteiger partial charge < -0.3 is 16.8 Å². The first-order valence-electron chi connectivity index (χ1n) is 6.66. The summed E-state index contributed by atoms with van der Waals surface area (Å²) in [6.07, 6.45) is 1.99. The minimum Gasteiger partial charge on any atom is -0.398 e. The third-order valence-electron chi connectivity index (χ3n) is 3.74. The highest BCUT2D eigenvalue weighted by atomic mass is 16.1. The fraction of sp³-hybridized carbons (Fsp3) is 0.188. The molecule has 4 heteroatoms. The van der Waals surface area contributed by atoms with Crippen LogP contribution in [0.1, 0.15) is 21.5 Å². The third kappa shape index (κ3) is 2.32. The first-order chi connectivity index (χ1) is 9.63. The number of primary amides is 1. The summed E-state index contributed by atoms with van der Waals surface area (Å²) in [7, 11) is 0. The van der Waals surface area contributed by atoms with Gasteiger partial charge in [-0.05, 0) is 42.2 Å². The normalized spacial score (nSPS) is 14.0. The van der Waals surface area contributed by atoms with Crippen molar-refractivity contribution in [2.24, 2.45) is 5.73 Å². The molecular formula is C16H17N3O. The van der Waals surface area contributed by atoms with E-state index in [9.17, 15) is 4.79 Å². The number of amides is 1. The molecule has 0 atom stereocenters. The van der Waals surface area contributed by atoms with Crippen LogP contribution in [0.2, 0.25) is 0 Å². The molecule has 2 aromatic carbocycles. The molecule has 5 N–H and O–H groups in total. The second-order valence-corrected chi connectivity index (χ2v) is 5.18. The number of rotatable bonds is 3. The third-order valence-corrected chi connectivity index (χ3v) is 3.74. The second-order valence-electron chi connectivity index (χ2n) is 5.18. The van der Waals surface area contributed by atoms with Crippen LogP contribution in [0, 0.1) is 0 Å². The van der Waals surface area contributed by atoms with Crippen LogP contribution in [0.25, 0.3) is 0 Å². The van der Waals surface area contributed by atoms with Crippen LogP contribution in [0.4, 0.5) is 11.4 Å². The summed E-state index contributed by atoms with van der Waals surface area (Å²) >= 11 is 0. The minimum absolute atomic E-state index is 0.344. The number of hydrogen-bond acceptors (Lipinski definition) is 3. The largest absolute Gasteiger partial charge is 0.398 e. The van der Waals surface area contributed by atoms with Gasteiger partial charge in [-0.2, -0.15) is 0 Å². The van der Waals surface area contributed by atoms with Crippen molar-refractivity contribution in [1.82, 2.24) is 0 Å². The van der Waals surface area contributed by atoms with E-state index in [-0.39, 0.29) is 0 Å². The average Bonchev–Trinajstić information content (AvgIpc) is 2.82. The van der Waals surface area contributed by atoms with Gasteiger partial charge in [0.25, 0.3) is 5.91 Å². The summed E-state index contributed by atoms with van der Waals surface area (Å²) in [4.78, 5) is 11.3. The number of carbonyl (C=O) groups is 1. The quantitative estimate of drug-likeness (QED) is 0.743. The molecule has 0 aliphatic heterocycles.